The number of aliphatic imine (C=N–C) groups is 1. The fourth-order valence-electron chi connectivity index (χ4n) is 2.53. The lowest BCUT2D eigenvalue weighted by Gasteiger charge is -2.13. The minimum atomic E-state index is 0.342. The molecule has 11 heteroatoms. The Morgan fingerprint density at radius 3 is 2.87 bits per heavy atom. The molecule has 30 heavy (non-hydrogen) atoms. The van der Waals surface area contributed by atoms with Crippen LogP contribution in [0.15, 0.2) is 39.0 Å². The number of thioether (sulfide) groups is 1. The summed E-state index contributed by atoms with van der Waals surface area (Å²) < 4.78 is 5.75. The monoisotopic (exact) mass is 446 g/mol. The van der Waals surface area contributed by atoms with Crippen molar-refractivity contribution < 1.29 is 4.42 Å². The Morgan fingerprint density at radius 2 is 2.13 bits per heavy atom. The SMILES string of the molecule is CCN=C(NCC)Nc1nc(C)ncc1CSc1nnc(-c2ccc(Cl)cc2N)o1. The molecule has 3 aromatic rings. The van der Waals surface area contributed by atoms with Crippen molar-refractivity contribution in [2.45, 2.75) is 31.7 Å². The topological polar surface area (TPSA) is 127 Å². The molecule has 0 unspecified atom stereocenters. The molecule has 2 aromatic heterocycles. The van der Waals surface area contributed by atoms with Crippen LogP contribution in [0.2, 0.25) is 5.02 Å². The average molecular weight is 447 g/mol. The second-order valence-corrected chi connectivity index (χ2v) is 7.53. The van der Waals surface area contributed by atoms with E-state index in [0.29, 0.717) is 57.3 Å². The van der Waals surface area contributed by atoms with E-state index in [2.05, 4.69) is 35.8 Å². The van der Waals surface area contributed by atoms with Gasteiger partial charge in [0.15, 0.2) is 5.96 Å². The van der Waals surface area contributed by atoms with E-state index in [1.165, 1.54) is 11.8 Å². The maximum absolute atomic E-state index is 6.00. The van der Waals surface area contributed by atoms with Gasteiger partial charge in [0.1, 0.15) is 11.6 Å². The van der Waals surface area contributed by atoms with Crippen molar-refractivity contribution in [2.75, 3.05) is 24.1 Å². The second kappa shape index (κ2) is 10.3. The molecule has 0 bridgehead atoms. The van der Waals surface area contributed by atoms with E-state index in [1.54, 1.807) is 24.4 Å². The number of benzene rings is 1. The summed E-state index contributed by atoms with van der Waals surface area (Å²) in [7, 11) is 0. The lowest BCUT2D eigenvalue weighted by atomic mass is 10.2. The molecule has 0 aliphatic heterocycles. The summed E-state index contributed by atoms with van der Waals surface area (Å²) >= 11 is 7.33. The number of anilines is 2. The lowest BCUT2D eigenvalue weighted by molar-refractivity contribution is 0.466. The first-order valence-electron chi connectivity index (χ1n) is 9.39. The van der Waals surface area contributed by atoms with Crippen molar-refractivity contribution in [3.05, 3.63) is 40.8 Å². The highest BCUT2D eigenvalue weighted by Gasteiger charge is 2.14. The minimum Gasteiger partial charge on any atom is -0.411 e. The average Bonchev–Trinajstić information content (AvgIpc) is 3.16. The number of hydrogen-bond acceptors (Lipinski definition) is 8. The number of aryl methyl sites for hydroxylation is 1. The Labute approximate surface area is 184 Å². The first-order valence-corrected chi connectivity index (χ1v) is 10.8. The molecule has 0 aliphatic carbocycles. The highest BCUT2D eigenvalue weighted by atomic mass is 35.5. The molecule has 2 heterocycles. The van der Waals surface area contributed by atoms with Crippen LogP contribution in [0.25, 0.3) is 11.5 Å². The number of nitrogens with zero attached hydrogens (tertiary/aromatic N) is 5. The molecule has 1 aromatic carbocycles. The number of hydrogen-bond donors (Lipinski definition) is 3. The van der Waals surface area contributed by atoms with Gasteiger partial charge >= 0.3 is 0 Å². The molecular weight excluding hydrogens is 424 g/mol. The van der Waals surface area contributed by atoms with E-state index in [0.717, 1.165) is 12.1 Å². The summed E-state index contributed by atoms with van der Waals surface area (Å²) in [5, 5.41) is 15.6. The number of nitrogen functional groups attached to an aromatic ring is 1. The second-order valence-electron chi connectivity index (χ2n) is 6.16. The maximum Gasteiger partial charge on any atom is 0.277 e. The van der Waals surface area contributed by atoms with E-state index in [1.807, 2.05) is 20.8 Å². The summed E-state index contributed by atoms with van der Waals surface area (Å²) in [6.45, 7) is 7.23. The number of halogens is 1. The Balaban J connectivity index is 1.75. The number of guanidine groups is 1. The van der Waals surface area contributed by atoms with Gasteiger partial charge in [-0.15, -0.1) is 10.2 Å². The summed E-state index contributed by atoms with van der Waals surface area (Å²) in [4.78, 5) is 13.2. The van der Waals surface area contributed by atoms with E-state index in [-0.39, 0.29) is 0 Å². The van der Waals surface area contributed by atoms with Gasteiger partial charge in [0.05, 0.1) is 5.56 Å². The van der Waals surface area contributed by atoms with Crippen LogP contribution in [0.4, 0.5) is 11.5 Å². The van der Waals surface area contributed by atoms with Gasteiger partial charge in [0.2, 0.25) is 0 Å². The van der Waals surface area contributed by atoms with E-state index >= 15 is 0 Å². The predicted octanol–water partition coefficient (Wildman–Crippen LogP) is 3.76. The Kier molecular flexibility index (Phi) is 7.47. The van der Waals surface area contributed by atoms with Crippen molar-refractivity contribution in [3.63, 3.8) is 0 Å². The fraction of sp³-hybridized carbons (Fsp3) is 0.316. The van der Waals surface area contributed by atoms with Crippen LogP contribution in [-0.2, 0) is 5.75 Å². The molecule has 0 saturated heterocycles. The molecule has 0 fully saturated rings. The van der Waals surface area contributed by atoms with Crippen LogP contribution in [0, 0.1) is 6.92 Å². The van der Waals surface area contributed by atoms with Gasteiger partial charge in [-0.1, -0.05) is 23.4 Å². The van der Waals surface area contributed by atoms with Crippen LogP contribution in [0.3, 0.4) is 0 Å². The van der Waals surface area contributed by atoms with Crippen LogP contribution in [-0.4, -0.2) is 39.2 Å². The highest BCUT2D eigenvalue weighted by Crippen LogP contribution is 2.31. The van der Waals surface area contributed by atoms with Crippen molar-refractivity contribution in [1.29, 1.82) is 0 Å². The molecule has 0 amide bonds. The molecule has 0 atom stereocenters. The third-order valence-corrected chi connectivity index (χ3v) is 4.99. The first kappa shape index (κ1) is 21.8. The van der Waals surface area contributed by atoms with Crippen molar-refractivity contribution in [2.24, 2.45) is 4.99 Å². The lowest BCUT2D eigenvalue weighted by Crippen LogP contribution is -2.31. The zero-order valence-corrected chi connectivity index (χ0v) is 18.5. The smallest absolute Gasteiger partial charge is 0.277 e. The summed E-state index contributed by atoms with van der Waals surface area (Å²) in [6, 6.07) is 5.13. The Hall–Kier alpha value is -2.85. The van der Waals surface area contributed by atoms with Gasteiger partial charge in [0.25, 0.3) is 11.1 Å². The van der Waals surface area contributed by atoms with Crippen LogP contribution in [0.5, 0.6) is 0 Å². The zero-order valence-electron chi connectivity index (χ0n) is 16.9. The van der Waals surface area contributed by atoms with Crippen molar-refractivity contribution in [1.82, 2.24) is 25.5 Å². The van der Waals surface area contributed by atoms with Crippen molar-refractivity contribution in [3.8, 4) is 11.5 Å². The fourth-order valence-corrected chi connectivity index (χ4v) is 3.44. The molecule has 3 rings (SSSR count). The van der Waals surface area contributed by atoms with E-state index in [4.69, 9.17) is 21.8 Å². The van der Waals surface area contributed by atoms with Gasteiger partial charge in [-0.25, -0.2) is 9.97 Å². The Morgan fingerprint density at radius 1 is 1.30 bits per heavy atom. The molecular formula is C19H23ClN8OS. The molecule has 4 N–H and O–H groups in total. The van der Waals surface area contributed by atoms with E-state index in [9.17, 15) is 0 Å². The zero-order chi connectivity index (χ0) is 21.5. The minimum absolute atomic E-state index is 0.342. The van der Waals surface area contributed by atoms with E-state index < -0.39 is 0 Å². The third kappa shape index (κ3) is 5.61. The number of aromatic nitrogens is 4. The summed E-state index contributed by atoms with van der Waals surface area (Å²) in [5.41, 5.74) is 8.01. The van der Waals surface area contributed by atoms with Crippen LogP contribution < -0.4 is 16.4 Å². The van der Waals surface area contributed by atoms with Gasteiger partial charge in [0, 0.05) is 41.3 Å². The van der Waals surface area contributed by atoms with Crippen molar-refractivity contribution >= 4 is 40.8 Å². The summed E-state index contributed by atoms with van der Waals surface area (Å²) in [5.74, 6) is 2.89. The van der Waals surface area contributed by atoms with Gasteiger partial charge < -0.3 is 20.8 Å². The van der Waals surface area contributed by atoms with Gasteiger partial charge in [-0.2, -0.15) is 0 Å². The highest BCUT2D eigenvalue weighted by molar-refractivity contribution is 7.98. The Bertz CT molecular complexity index is 1040. The first-order chi connectivity index (χ1) is 14.5. The van der Waals surface area contributed by atoms with Crippen LogP contribution >= 0.6 is 23.4 Å². The van der Waals surface area contributed by atoms with Crippen LogP contribution in [0.1, 0.15) is 25.2 Å². The number of nitrogens with one attached hydrogen (secondary N) is 2. The quantitative estimate of drug-likeness (QED) is 0.215. The molecule has 0 spiro atoms. The normalized spacial score (nSPS) is 11.5. The maximum atomic E-state index is 6.00. The van der Waals surface area contributed by atoms with Gasteiger partial charge in [-0.05, 0) is 39.0 Å². The number of rotatable bonds is 7. The largest absolute Gasteiger partial charge is 0.411 e. The molecule has 158 valence electrons. The number of nitrogens with two attached hydrogens (primary N) is 1. The molecule has 9 nitrogen and oxygen atoms in total. The molecule has 0 aliphatic rings. The standard InChI is InChI=1S/C19H23ClN8OS/c1-4-22-18(23-5-2)26-16-12(9-24-11(3)25-16)10-30-19-28-27-17(29-19)14-7-6-13(20)8-15(14)21/h6-9H,4-5,10,21H2,1-3H3,(H2,22,23,24,25,26). The predicted molar refractivity (Wildman–Crippen MR) is 121 cm³/mol. The third-order valence-electron chi connectivity index (χ3n) is 3.88. The summed E-state index contributed by atoms with van der Waals surface area (Å²) in [6.07, 6.45) is 1.78. The van der Waals surface area contributed by atoms with Gasteiger partial charge in [-0.3, -0.25) is 4.99 Å². The molecule has 0 radical (unpaired) electrons. The molecule has 0 saturated carbocycles.